The molecule has 0 aliphatic carbocycles. The highest BCUT2D eigenvalue weighted by Crippen LogP contribution is 2.19. The first-order chi connectivity index (χ1) is 7.13. The third-order valence-electron chi connectivity index (χ3n) is 1.72. The van der Waals surface area contributed by atoms with Gasteiger partial charge in [0.15, 0.2) is 0 Å². The van der Waals surface area contributed by atoms with Crippen molar-refractivity contribution in [3.05, 3.63) is 34.1 Å². The summed E-state index contributed by atoms with van der Waals surface area (Å²) in [5.41, 5.74) is 0.590. The Bertz CT molecular complexity index is 357. The second-order valence-electron chi connectivity index (χ2n) is 2.80. The molecule has 1 aromatic carbocycles. The Morgan fingerprint density at radius 2 is 2.33 bits per heavy atom. The molecule has 0 bridgehead atoms. The summed E-state index contributed by atoms with van der Waals surface area (Å²) in [5, 5.41) is 0. The van der Waals surface area contributed by atoms with E-state index in [0.717, 1.165) is 0 Å². The van der Waals surface area contributed by atoms with Crippen molar-refractivity contribution >= 4 is 33.7 Å². The summed E-state index contributed by atoms with van der Waals surface area (Å²) in [6.45, 7) is 0. The second kappa shape index (κ2) is 6.12. The zero-order valence-electron chi connectivity index (χ0n) is 8.13. The lowest BCUT2D eigenvalue weighted by Gasteiger charge is -2.03. The van der Waals surface area contributed by atoms with E-state index in [-0.39, 0.29) is 17.5 Å². The summed E-state index contributed by atoms with van der Waals surface area (Å²) >= 11 is 4.51. The van der Waals surface area contributed by atoms with E-state index in [1.165, 1.54) is 24.9 Å². The molecule has 82 valence electrons. The summed E-state index contributed by atoms with van der Waals surface area (Å²) in [5.74, 6) is 0.152. The maximum absolute atomic E-state index is 13.3. The lowest BCUT2D eigenvalue weighted by molar-refractivity contribution is -0.137. The minimum atomic E-state index is -0.294. The minimum Gasteiger partial charge on any atom is -0.468 e. The molecule has 5 heteroatoms. The number of methoxy groups -OCH3 is 1. The van der Waals surface area contributed by atoms with Crippen molar-refractivity contribution in [2.45, 2.75) is 5.75 Å². The molecule has 0 N–H and O–H groups in total. The fourth-order valence-corrected chi connectivity index (χ4v) is 2.12. The number of rotatable bonds is 4. The number of halogens is 2. The van der Waals surface area contributed by atoms with Gasteiger partial charge in [0.05, 0.1) is 12.9 Å². The van der Waals surface area contributed by atoms with Crippen LogP contribution in [0, 0.1) is 5.82 Å². The summed E-state index contributed by atoms with van der Waals surface area (Å²) in [4.78, 5) is 10.8. The molecule has 0 aromatic heterocycles. The van der Waals surface area contributed by atoms with Crippen LogP contribution in [0.3, 0.4) is 0 Å². The smallest absolute Gasteiger partial charge is 0.315 e. The zero-order chi connectivity index (χ0) is 11.3. The van der Waals surface area contributed by atoms with Crippen LogP contribution in [0.2, 0.25) is 0 Å². The van der Waals surface area contributed by atoms with Crippen LogP contribution in [0.1, 0.15) is 5.56 Å². The summed E-state index contributed by atoms with van der Waals surface area (Å²) in [6, 6.07) is 4.88. The number of benzene rings is 1. The molecule has 0 aliphatic rings. The Morgan fingerprint density at radius 3 is 2.93 bits per heavy atom. The van der Waals surface area contributed by atoms with Crippen molar-refractivity contribution in [2.24, 2.45) is 0 Å². The van der Waals surface area contributed by atoms with Gasteiger partial charge in [-0.15, -0.1) is 11.8 Å². The molecule has 0 saturated carbocycles. The highest BCUT2D eigenvalue weighted by Gasteiger charge is 2.05. The van der Waals surface area contributed by atoms with Gasteiger partial charge in [-0.25, -0.2) is 4.39 Å². The lowest BCUT2D eigenvalue weighted by atomic mass is 10.2. The van der Waals surface area contributed by atoms with Crippen LogP contribution in [0.5, 0.6) is 0 Å². The van der Waals surface area contributed by atoms with E-state index in [1.54, 1.807) is 12.1 Å². The standard InChI is InChI=1S/C10H10BrFO2S/c1-14-10(13)6-15-5-7-2-3-8(11)4-9(7)12/h2-4H,5-6H2,1H3. The minimum absolute atomic E-state index is 0.242. The van der Waals surface area contributed by atoms with Crippen molar-refractivity contribution in [1.29, 1.82) is 0 Å². The number of carbonyl (C=O) groups excluding carboxylic acids is 1. The monoisotopic (exact) mass is 292 g/mol. The quantitative estimate of drug-likeness (QED) is 0.798. The Kier molecular flexibility index (Phi) is 5.11. The molecular formula is C10H10BrFO2S. The van der Waals surface area contributed by atoms with Crippen LogP contribution in [0.15, 0.2) is 22.7 Å². The number of thioether (sulfide) groups is 1. The predicted octanol–water partition coefficient (Wildman–Crippen LogP) is 2.99. The van der Waals surface area contributed by atoms with Gasteiger partial charge in [-0.1, -0.05) is 22.0 Å². The van der Waals surface area contributed by atoms with E-state index in [0.29, 0.717) is 15.8 Å². The van der Waals surface area contributed by atoms with Crippen LogP contribution in [-0.2, 0) is 15.3 Å². The van der Waals surface area contributed by atoms with Gasteiger partial charge >= 0.3 is 5.97 Å². The molecule has 0 fully saturated rings. The van der Waals surface area contributed by atoms with Crippen LogP contribution in [0.25, 0.3) is 0 Å². The molecule has 0 amide bonds. The molecule has 0 saturated heterocycles. The van der Waals surface area contributed by atoms with E-state index in [2.05, 4.69) is 20.7 Å². The molecule has 0 unspecified atom stereocenters. The first kappa shape index (κ1) is 12.5. The van der Waals surface area contributed by atoms with E-state index in [1.807, 2.05) is 0 Å². The molecule has 1 aromatic rings. The fourth-order valence-electron chi connectivity index (χ4n) is 0.942. The van der Waals surface area contributed by atoms with Gasteiger partial charge in [-0.3, -0.25) is 4.79 Å². The summed E-state index contributed by atoms with van der Waals surface area (Å²) in [6.07, 6.45) is 0. The Morgan fingerprint density at radius 1 is 1.60 bits per heavy atom. The molecule has 0 radical (unpaired) electrons. The summed E-state index contributed by atoms with van der Waals surface area (Å²) < 4.78 is 18.5. The maximum Gasteiger partial charge on any atom is 0.315 e. The second-order valence-corrected chi connectivity index (χ2v) is 4.71. The first-order valence-electron chi connectivity index (χ1n) is 4.22. The first-order valence-corrected chi connectivity index (χ1v) is 6.16. The van der Waals surface area contributed by atoms with Crippen molar-refractivity contribution in [3.63, 3.8) is 0 Å². The highest BCUT2D eigenvalue weighted by molar-refractivity contribution is 9.10. The van der Waals surface area contributed by atoms with Gasteiger partial charge < -0.3 is 4.74 Å². The molecule has 0 aliphatic heterocycles. The Balaban J connectivity index is 2.47. The number of carbonyl (C=O) groups is 1. The van der Waals surface area contributed by atoms with Gasteiger partial charge in [0, 0.05) is 10.2 Å². The predicted molar refractivity (Wildman–Crippen MR) is 62.3 cm³/mol. The molecule has 15 heavy (non-hydrogen) atoms. The lowest BCUT2D eigenvalue weighted by Crippen LogP contribution is -2.03. The van der Waals surface area contributed by atoms with Gasteiger partial charge in [0.2, 0.25) is 0 Å². The highest BCUT2D eigenvalue weighted by atomic mass is 79.9. The third kappa shape index (κ3) is 4.22. The van der Waals surface area contributed by atoms with Crippen molar-refractivity contribution in [3.8, 4) is 0 Å². The average molecular weight is 293 g/mol. The topological polar surface area (TPSA) is 26.3 Å². The average Bonchev–Trinajstić information content (AvgIpc) is 2.21. The molecule has 0 heterocycles. The summed E-state index contributed by atoms with van der Waals surface area (Å²) in [7, 11) is 1.34. The number of hydrogen-bond donors (Lipinski definition) is 0. The number of esters is 1. The SMILES string of the molecule is COC(=O)CSCc1ccc(Br)cc1F. The number of hydrogen-bond acceptors (Lipinski definition) is 3. The van der Waals surface area contributed by atoms with Gasteiger partial charge in [0.25, 0.3) is 0 Å². The molecule has 0 spiro atoms. The van der Waals surface area contributed by atoms with Crippen molar-refractivity contribution in [2.75, 3.05) is 12.9 Å². The largest absolute Gasteiger partial charge is 0.468 e. The zero-order valence-corrected chi connectivity index (χ0v) is 10.5. The normalized spacial score (nSPS) is 10.1. The van der Waals surface area contributed by atoms with Crippen LogP contribution < -0.4 is 0 Å². The van der Waals surface area contributed by atoms with E-state index < -0.39 is 0 Å². The van der Waals surface area contributed by atoms with Crippen molar-refractivity contribution in [1.82, 2.24) is 0 Å². The molecule has 1 rings (SSSR count). The van der Waals surface area contributed by atoms with Crippen molar-refractivity contribution < 1.29 is 13.9 Å². The van der Waals surface area contributed by atoms with Crippen LogP contribution in [0.4, 0.5) is 4.39 Å². The van der Waals surface area contributed by atoms with Crippen LogP contribution in [-0.4, -0.2) is 18.8 Å². The van der Waals surface area contributed by atoms with E-state index in [9.17, 15) is 9.18 Å². The molecule has 2 nitrogen and oxygen atoms in total. The maximum atomic E-state index is 13.3. The Labute approximate surface area is 100 Å². The van der Waals surface area contributed by atoms with E-state index in [4.69, 9.17) is 0 Å². The Hall–Kier alpha value is -0.550. The van der Waals surface area contributed by atoms with E-state index >= 15 is 0 Å². The number of ether oxygens (including phenoxy) is 1. The van der Waals surface area contributed by atoms with Crippen LogP contribution >= 0.6 is 27.7 Å². The molecular weight excluding hydrogens is 283 g/mol. The molecule has 0 atom stereocenters. The third-order valence-corrected chi connectivity index (χ3v) is 3.17. The van der Waals surface area contributed by atoms with Gasteiger partial charge in [0.1, 0.15) is 5.82 Å². The fraction of sp³-hybridized carbons (Fsp3) is 0.300. The van der Waals surface area contributed by atoms with Gasteiger partial charge in [-0.2, -0.15) is 0 Å². The van der Waals surface area contributed by atoms with Gasteiger partial charge in [-0.05, 0) is 17.7 Å².